The Morgan fingerprint density at radius 3 is 2.76 bits per heavy atom. The second-order valence-corrected chi connectivity index (χ2v) is 4.66. The second-order valence-electron chi connectivity index (χ2n) is 4.66. The van der Waals surface area contributed by atoms with Crippen molar-refractivity contribution < 1.29 is 4.42 Å². The number of nitrogens with one attached hydrogen (secondary N) is 3. The molecular formula is C13H17N7O. The molecule has 3 heterocycles. The summed E-state index contributed by atoms with van der Waals surface area (Å²) in [5.41, 5.74) is 1.58. The van der Waals surface area contributed by atoms with E-state index < -0.39 is 0 Å². The topological polar surface area (TPSA) is 105 Å². The molecule has 0 amide bonds. The highest BCUT2D eigenvalue weighted by molar-refractivity contribution is 5.86. The molecular weight excluding hydrogens is 270 g/mol. The molecule has 0 saturated carbocycles. The Hall–Kier alpha value is -2.64. The lowest BCUT2D eigenvalue weighted by Crippen LogP contribution is -2.07. The van der Waals surface area contributed by atoms with Crippen molar-refractivity contribution in [1.29, 1.82) is 0 Å². The molecule has 21 heavy (non-hydrogen) atoms. The van der Waals surface area contributed by atoms with Gasteiger partial charge in [0, 0.05) is 6.54 Å². The third-order valence-electron chi connectivity index (χ3n) is 3.12. The van der Waals surface area contributed by atoms with Crippen molar-refractivity contribution >= 4 is 22.8 Å². The van der Waals surface area contributed by atoms with E-state index in [2.05, 4.69) is 35.8 Å². The van der Waals surface area contributed by atoms with Crippen LogP contribution < -0.4 is 10.6 Å². The summed E-state index contributed by atoms with van der Waals surface area (Å²) in [5, 5.41) is 14.0. The Kier molecular flexibility index (Phi) is 3.43. The molecule has 3 rings (SSSR count). The summed E-state index contributed by atoms with van der Waals surface area (Å²) < 4.78 is 5.55. The Bertz CT molecular complexity index is 742. The van der Waals surface area contributed by atoms with Gasteiger partial charge in [0.2, 0.25) is 11.8 Å². The largest absolute Gasteiger partial charge is 0.444 e. The van der Waals surface area contributed by atoms with Crippen molar-refractivity contribution in [2.24, 2.45) is 0 Å². The molecule has 8 nitrogen and oxygen atoms in total. The Morgan fingerprint density at radius 1 is 1.19 bits per heavy atom. The van der Waals surface area contributed by atoms with Gasteiger partial charge < -0.3 is 15.1 Å². The van der Waals surface area contributed by atoms with E-state index in [4.69, 9.17) is 4.42 Å². The van der Waals surface area contributed by atoms with Crippen LogP contribution in [0.25, 0.3) is 11.0 Å². The van der Waals surface area contributed by atoms with E-state index in [1.807, 2.05) is 20.8 Å². The lowest BCUT2D eigenvalue weighted by Gasteiger charge is -2.07. The summed E-state index contributed by atoms with van der Waals surface area (Å²) in [6, 6.07) is 0. The molecule has 0 radical (unpaired) electrons. The Morgan fingerprint density at radius 2 is 2.05 bits per heavy atom. The third kappa shape index (κ3) is 2.64. The van der Waals surface area contributed by atoms with E-state index in [1.54, 1.807) is 6.20 Å². The van der Waals surface area contributed by atoms with Crippen LogP contribution >= 0.6 is 0 Å². The van der Waals surface area contributed by atoms with Gasteiger partial charge in [-0.25, -0.2) is 4.98 Å². The molecule has 3 aromatic heterocycles. The fourth-order valence-electron chi connectivity index (χ4n) is 1.98. The maximum absolute atomic E-state index is 5.55. The molecule has 0 unspecified atom stereocenters. The monoisotopic (exact) mass is 287 g/mol. The van der Waals surface area contributed by atoms with Crippen LogP contribution in [0, 0.1) is 13.8 Å². The number of oxazole rings is 1. The third-order valence-corrected chi connectivity index (χ3v) is 3.12. The first kappa shape index (κ1) is 13.3. The van der Waals surface area contributed by atoms with Gasteiger partial charge in [-0.15, -0.1) is 0 Å². The number of aromatic amines is 1. The van der Waals surface area contributed by atoms with E-state index in [1.165, 1.54) is 0 Å². The van der Waals surface area contributed by atoms with Gasteiger partial charge in [0.05, 0.1) is 23.8 Å². The van der Waals surface area contributed by atoms with Crippen LogP contribution in [0.5, 0.6) is 0 Å². The van der Waals surface area contributed by atoms with Crippen LogP contribution in [0.15, 0.2) is 10.6 Å². The molecule has 0 aliphatic heterocycles. The summed E-state index contributed by atoms with van der Waals surface area (Å²) >= 11 is 0. The van der Waals surface area contributed by atoms with Crippen LogP contribution in [-0.2, 0) is 6.54 Å². The van der Waals surface area contributed by atoms with Gasteiger partial charge in [-0.2, -0.15) is 15.1 Å². The Balaban J connectivity index is 1.86. The molecule has 110 valence electrons. The molecule has 0 aromatic carbocycles. The van der Waals surface area contributed by atoms with E-state index in [9.17, 15) is 0 Å². The number of aryl methyl sites for hydroxylation is 2. The van der Waals surface area contributed by atoms with Crippen molar-refractivity contribution in [2.45, 2.75) is 27.3 Å². The van der Waals surface area contributed by atoms with Crippen LogP contribution in [0.1, 0.15) is 24.3 Å². The van der Waals surface area contributed by atoms with Gasteiger partial charge >= 0.3 is 0 Å². The molecule has 0 atom stereocenters. The summed E-state index contributed by atoms with van der Waals surface area (Å²) in [4.78, 5) is 13.1. The summed E-state index contributed by atoms with van der Waals surface area (Å²) in [6.07, 6.45) is 1.69. The zero-order valence-electron chi connectivity index (χ0n) is 12.2. The maximum atomic E-state index is 5.55. The Labute approximate surface area is 121 Å². The summed E-state index contributed by atoms with van der Waals surface area (Å²) in [5.74, 6) is 2.70. The number of hydrogen-bond acceptors (Lipinski definition) is 7. The van der Waals surface area contributed by atoms with E-state index in [0.717, 1.165) is 23.4 Å². The van der Waals surface area contributed by atoms with Gasteiger partial charge in [-0.3, -0.25) is 5.10 Å². The molecule has 0 fully saturated rings. The van der Waals surface area contributed by atoms with E-state index in [-0.39, 0.29) is 0 Å². The molecule has 0 bridgehead atoms. The second kappa shape index (κ2) is 5.39. The normalized spacial score (nSPS) is 11.0. The quantitative estimate of drug-likeness (QED) is 0.659. The van der Waals surface area contributed by atoms with Gasteiger partial charge in [-0.1, -0.05) is 0 Å². The van der Waals surface area contributed by atoms with Gasteiger partial charge in [0.1, 0.15) is 11.6 Å². The number of aromatic nitrogens is 5. The zero-order valence-corrected chi connectivity index (χ0v) is 12.2. The standard InChI is InChI=1S/C13H17N7O/c1-4-14-13-18-11(9-5-16-20-12(9)19-13)15-6-10-17-7(2)8(3)21-10/h5H,4,6H2,1-3H3,(H3,14,15,16,18,19,20). The van der Waals surface area contributed by atoms with Gasteiger partial charge in [0.15, 0.2) is 5.65 Å². The van der Waals surface area contributed by atoms with Crippen LogP contribution in [0.3, 0.4) is 0 Å². The summed E-state index contributed by atoms with van der Waals surface area (Å²) in [7, 11) is 0. The zero-order chi connectivity index (χ0) is 14.8. The molecule has 0 aliphatic carbocycles. The van der Waals surface area contributed by atoms with Crippen molar-refractivity contribution in [2.75, 3.05) is 17.2 Å². The highest BCUT2D eigenvalue weighted by Crippen LogP contribution is 2.20. The SMILES string of the molecule is CCNc1nc(NCc2nc(C)c(C)o2)c2cn[nH]c2n1. The average molecular weight is 287 g/mol. The fraction of sp³-hybridized carbons (Fsp3) is 0.385. The molecule has 0 aliphatic rings. The predicted molar refractivity (Wildman–Crippen MR) is 79.2 cm³/mol. The van der Waals surface area contributed by atoms with Crippen molar-refractivity contribution in [3.8, 4) is 0 Å². The number of nitrogens with zero attached hydrogens (tertiary/aromatic N) is 4. The minimum atomic E-state index is 0.456. The van der Waals surface area contributed by atoms with E-state index >= 15 is 0 Å². The highest BCUT2D eigenvalue weighted by atomic mass is 16.4. The predicted octanol–water partition coefficient (Wildman–Crippen LogP) is 2.00. The maximum Gasteiger partial charge on any atom is 0.226 e. The van der Waals surface area contributed by atoms with Crippen molar-refractivity contribution in [1.82, 2.24) is 25.1 Å². The molecule has 3 aromatic rings. The molecule has 3 N–H and O–H groups in total. The van der Waals surface area contributed by atoms with E-state index in [0.29, 0.717) is 29.8 Å². The van der Waals surface area contributed by atoms with Gasteiger partial charge in [-0.05, 0) is 20.8 Å². The van der Waals surface area contributed by atoms with Gasteiger partial charge in [0.25, 0.3) is 0 Å². The first-order valence-corrected chi connectivity index (χ1v) is 6.79. The first-order chi connectivity index (χ1) is 10.2. The number of anilines is 2. The lowest BCUT2D eigenvalue weighted by atomic mass is 10.4. The van der Waals surface area contributed by atoms with Crippen molar-refractivity contribution in [3.63, 3.8) is 0 Å². The minimum absolute atomic E-state index is 0.456. The molecule has 0 spiro atoms. The fourth-order valence-corrected chi connectivity index (χ4v) is 1.98. The smallest absolute Gasteiger partial charge is 0.226 e. The number of rotatable bonds is 5. The minimum Gasteiger partial charge on any atom is -0.444 e. The van der Waals surface area contributed by atoms with Crippen molar-refractivity contribution in [3.05, 3.63) is 23.5 Å². The van der Waals surface area contributed by atoms with Crippen LogP contribution in [0.2, 0.25) is 0 Å². The summed E-state index contributed by atoms with van der Waals surface area (Å²) in [6.45, 7) is 7.01. The van der Waals surface area contributed by atoms with Crippen LogP contribution in [0.4, 0.5) is 11.8 Å². The number of H-pyrrole nitrogens is 1. The average Bonchev–Trinajstić information content (AvgIpc) is 3.04. The molecule has 8 heteroatoms. The number of fused-ring (bicyclic) bond motifs is 1. The highest BCUT2D eigenvalue weighted by Gasteiger charge is 2.11. The lowest BCUT2D eigenvalue weighted by molar-refractivity contribution is 0.478. The number of hydrogen-bond donors (Lipinski definition) is 3. The first-order valence-electron chi connectivity index (χ1n) is 6.79. The molecule has 0 saturated heterocycles. The van der Waals surface area contributed by atoms with Crippen LogP contribution in [-0.4, -0.2) is 31.7 Å².